The molecule has 3 aromatic heterocycles. The summed E-state index contributed by atoms with van der Waals surface area (Å²) in [7, 11) is 3.30. The summed E-state index contributed by atoms with van der Waals surface area (Å²) >= 11 is 0. The average Bonchev–Trinajstić information content (AvgIpc) is 3.24. The van der Waals surface area contributed by atoms with Crippen molar-refractivity contribution in [3.8, 4) is 0 Å². The average molecular weight is 407 g/mol. The molecule has 1 aromatic carbocycles. The van der Waals surface area contributed by atoms with E-state index in [9.17, 15) is 9.59 Å². The molecule has 0 aliphatic heterocycles. The largest absolute Gasteiger partial charge is 0.383 e. The second kappa shape index (κ2) is 7.79. The van der Waals surface area contributed by atoms with Crippen molar-refractivity contribution in [3.05, 3.63) is 74.2 Å². The zero-order valence-electron chi connectivity index (χ0n) is 17.6. The van der Waals surface area contributed by atoms with E-state index in [1.165, 1.54) is 9.13 Å². The van der Waals surface area contributed by atoms with Gasteiger partial charge in [-0.25, -0.2) is 4.79 Å². The van der Waals surface area contributed by atoms with E-state index in [1.807, 2.05) is 65.3 Å². The van der Waals surface area contributed by atoms with Gasteiger partial charge in [-0.05, 0) is 19.4 Å². The molecule has 0 amide bonds. The predicted molar refractivity (Wildman–Crippen MR) is 117 cm³/mol. The van der Waals surface area contributed by atoms with E-state index in [4.69, 9.17) is 4.74 Å². The van der Waals surface area contributed by atoms with E-state index in [0.29, 0.717) is 30.1 Å². The minimum atomic E-state index is -0.385. The van der Waals surface area contributed by atoms with Crippen molar-refractivity contribution in [1.29, 1.82) is 0 Å². The molecule has 8 heteroatoms. The first-order chi connectivity index (χ1) is 14.5. The summed E-state index contributed by atoms with van der Waals surface area (Å²) in [5, 5.41) is 0. The number of ether oxygens (including phenoxy) is 1. The number of fused-ring (bicyclic) bond motifs is 3. The number of aryl methyl sites for hydroxylation is 2. The molecule has 3 heterocycles. The molecule has 0 aliphatic rings. The van der Waals surface area contributed by atoms with E-state index in [1.54, 1.807) is 14.2 Å². The van der Waals surface area contributed by atoms with Crippen LogP contribution in [0.5, 0.6) is 0 Å². The van der Waals surface area contributed by atoms with E-state index in [0.717, 1.165) is 17.0 Å². The number of hydrogen-bond donors (Lipinski definition) is 0. The van der Waals surface area contributed by atoms with Crippen LogP contribution in [0.15, 0.2) is 46.0 Å². The number of rotatable bonds is 6. The third-order valence-electron chi connectivity index (χ3n) is 5.55. The topological polar surface area (TPSA) is 75.5 Å². The van der Waals surface area contributed by atoms with Gasteiger partial charge in [-0.15, -0.1) is 0 Å². The zero-order valence-corrected chi connectivity index (χ0v) is 17.6. The maximum Gasteiger partial charge on any atom is 0.332 e. The van der Waals surface area contributed by atoms with Crippen LogP contribution in [0.1, 0.15) is 17.0 Å². The minimum Gasteiger partial charge on any atom is -0.383 e. The maximum atomic E-state index is 13.3. The fourth-order valence-corrected chi connectivity index (χ4v) is 3.78. The SMILES string of the molecule is COCCn1c(C)c(C)n2c3c(=O)n(C/C=C/c4ccccc4)c(=O)n(C)c3nc12. The fourth-order valence-electron chi connectivity index (χ4n) is 3.78. The van der Waals surface area contributed by atoms with Crippen LogP contribution < -0.4 is 11.2 Å². The number of allylic oxidation sites excluding steroid dienone is 1. The Morgan fingerprint density at radius 2 is 1.80 bits per heavy atom. The van der Waals surface area contributed by atoms with Crippen LogP contribution >= 0.6 is 0 Å². The Morgan fingerprint density at radius 1 is 1.07 bits per heavy atom. The second-order valence-corrected chi connectivity index (χ2v) is 7.31. The minimum absolute atomic E-state index is 0.186. The van der Waals surface area contributed by atoms with Crippen LogP contribution in [0.3, 0.4) is 0 Å². The van der Waals surface area contributed by atoms with Gasteiger partial charge in [0, 0.05) is 38.6 Å². The summed E-state index contributed by atoms with van der Waals surface area (Å²) < 4.78 is 11.8. The fraction of sp³-hybridized carbons (Fsp3) is 0.318. The Kier molecular flexibility index (Phi) is 5.17. The number of nitrogens with zero attached hydrogens (tertiary/aromatic N) is 5. The van der Waals surface area contributed by atoms with Crippen molar-refractivity contribution in [2.75, 3.05) is 13.7 Å². The molecule has 0 unspecified atom stereocenters. The lowest BCUT2D eigenvalue weighted by Crippen LogP contribution is -2.39. The van der Waals surface area contributed by atoms with Gasteiger partial charge < -0.3 is 9.30 Å². The Labute approximate surface area is 173 Å². The highest BCUT2D eigenvalue weighted by atomic mass is 16.5. The van der Waals surface area contributed by atoms with E-state index >= 15 is 0 Å². The van der Waals surface area contributed by atoms with Crippen LogP contribution in [-0.4, -0.2) is 36.8 Å². The summed E-state index contributed by atoms with van der Waals surface area (Å²) in [5.41, 5.74) is 3.02. The Hall–Kier alpha value is -3.39. The van der Waals surface area contributed by atoms with Gasteiger partial charge in [-0.2, -0.15) is 4.98 Å². The van der Waals surface area contributed by atoms with Crippen LogP contribution in [0.4, 0.5) is 0 Å². The summed E-state index contributed by atoms with van der Waals surface area (Å²) in [6.07, 6.45) is 3.72. The molecule has 8 nitrogen and oxygen atoms in total. The van der Waals surface area contributed by atoms with Gasteiger partial charge >= 0.3 is 5.69 Å². The lowest BCUT2D eigenvalue weighted by Gasteiger charge is -2.07. The van der Waals surface area contributed by atoms with Gasteiger partial charge in [0.15, 0.2) is 11.2 Å². The normalized spacial score (nSPS) is 12.0. The summed E-state index contributed by atoms with van der Waals surface area (Å²) in [5.74, 6) is 0.640. The van der Waals surface area contributed by atoms with Crippen LogP contribution in [0, 0.1) is 13.8 Å². The molecule has 0 bridgehead atoms. The molecule has 0 radical (unpaired) electrons. The van der Waals surface area contributed by atoms with Crippen LogP contribution in [-0.2, 0) is 24.9 Å². The van der Waals surface area contributed by atoms with Crippen LogP contribution in [0.2, 0.25) is 0 Å². The monoisotopic (exact) mass is 407 g/mol. The highest BCUT2D eigenvalue weighted by Crippen LogP contribution is 2.20. The highest BCUT2D eigenvalue weighted by Gasteiger charge is 2.22. The lowest BCUT2D eigenvalue weighted by atomic mass is 10.2. The molecule has 4 rings (SSSR count). The van der Waals surface area contributed by atoms with Crippen molar-refractivity contribution in [2.45, 2.75) is 26.9 Å². The molecule has 30 heavy (non-hydrogen) atoms. The van der Waals surface area contributed by atoms with Crippen molar-refractivity contribution in [1.82, 2.24) is 23.1 Å². The number of methoxy groups -OCH3 is 1. The number of imidazole rings is 2. The molecule has 0 aliphatic carbocycles. The Balaban J connectivity index is 1.89. The molecule has 0 saturated carbocycles. The van der Waals surface area contributed by atoms with Crippen molar-refractivity contribution in [3.63, 3.8) is 0 Å². The Bertz CT molecular complexity index is 1370. The van der Waals surface area contributed by atoms with E-state index in [2.05, 4.69) is 4.98 Å². The van der Waals surface area contributed by atoms with Gasteiger partial charge in [0.05, 0.1) is 6.61 Å². The van der Waals surface area contributed by atoms with Crippen LogP contribution in [0.25, 0.3) is 23.0 Å². The summed E-state index contributed by atoms with van der Waals surface area (Å²) in [6, 6.07) is 9.77. The number of aromatic nitrogens is 5. The standard InChI is InChI=1S/C22H25N5O3/c1-15-16(2)27-18-19(23-21(27)25(15)13-14-30-4)24(3)22(29)26(20(18)28)12-8-11-17-9-6-5-7-10-17/h5-11H,12-14H2,1-4H3/b11-8+. The van der Waals surface area contributed by atoms with Gasteiger partial charge in [0.2, 0.25) is 5.78 Å². The number of hydrogen-bond acceptors (Lipinski definition) is 4. The van der Waals surface area contributed by atoms with Crippen molar-refractivity contribution < 1.29 is 4.74 Å². The molecular weight excluding hydrogens is 382 g/mol. The maximum absolute atomic E-state index is 13.3. The van der Waals surface area contributed by atoms with Gasteiger partial charge in [-0.3, -0.25) is 18.3 Å². The first-order valence-electron chi connectivity index (χ1n) is 9.84. The molecule has 0 saturated heterocycles. The first-order valence-corrected chi connectivity index (χ1v) is 9.84. The molecule has 0 fully saturated rings. The predicted octanol–water partition coefficient (Wildman–Crippen LogP) is 2.13. The van der Waals surface area contributed by atoms with Gasteiger partial charge in [-0.1, -0.05) is 42.5 Å². The second-order valence-electron chi connectivity index (χ2n) is 7.31. The van der Waals surface area contributed by atoms with E-state index in [-0.39, 0.29) is 17.8 Å². The van der Waals surface area contributed by atoms with Gasteiger partial charge in [0.25, 0.3) is 5.56 Å². The lowest BCUT2D eigenvalue weighted by molar-refractivity contribution is 0.187. The third-order valence-corrected chi connectivity index (χ3v) is 5.55. The molecule has 156 valence electrons. The highest BCUT2D eigenvalue weighted by molar-refractivity contribution is 5.76. The molecule has 0 spiro atoms. The van der Waals surface area contributed by atoms with Crippen molar-refractivity contribution >= 4 is 23.0 Å². The van der Waals surface area contributed by atoms with Gasteiger partial charge in [0.1, 0.15) is 0 Å². The molecule has 4 aromatic rings. The Morgan fingerprint density at radius 3 is 2.50 bits per heavy atom. The molecule has 0 N–H and O–H groups in total. The van der Waals surface area contributed by atoms with Crippen molar-refractivity contribution in [2.24, 2.45) is 7.05 Å². The molecule has 0 atom stereocenters. The summed E-state index contributed by atoms with van der Waals surface area (Å²) in [6.45, 7) is 5.28. The smallest absolute Gasteiger partial charge is 0.332 e. The number of benzene rings is 1. The summed E-state index contributed by atoms with van der Waals surface area (Å²) in [4.78, 5) is 30.8. The molecular formula is C22H25N5O3. The zero-order chi connectivity index (χ0) is 21.4. The third kappa shape index (κ3) is 3.09. The quantitative estimate of drug-likeness (QED) is 0.491. The first kappa shape index (κ1) is 19.9. The van der Waals surface area contributed by atoms with E-state index < -0.39 is 0 Å².